The van der Waals surface area contributed by atoms with Crippen molar-refractivity contribution < 1.29 is 0 Å². The highest BCUT2D eigenvalue weighted by atomic mass is 35.5. The van der Waals surface area contributed by atoms with Crippen LogP contribution in [-0.4, -0.2) is 26.1 Å². The maximum Gasteiger partial charge on any atom is 0.0860 e. The predicted octanol–water partition coefficient (Wildman–Crippen LogP) is 1.45. The number of hydrogen-bond donors (Lipinski definition) is 1. The van der Waals surface area contributed by atoms with Crippen LogP contribution >= 0.6 is 11.6 Å². The van der Waals surface area contributed by atoms with Gasteiger partial charge in [0.05, 0.1) is 22.6 Å². The molecule has 2 aromatic rings. The first-order valence-electron chi connectivity index (χ1n) is 5.94. The molecule has 0 aromatic carbocycles. The van der Waals surface area contributed by atoms with Gasteiger partial charge in [-0.2, -0.15) is 10.2 Å². The number of rotatable bonds is 5. The molecule has 2 aromatic heterocycles. The van der Waals surface area contributed by atoms with Gasteiger partial charge in [-0.1, -0.05) is 11.6 Å². The molecule has 2 heterocycles. The molecule has 98 valence electrons. The molecule has 2 rings (SSSR count). The number of hydrogen-bond acceptors (Lipinski definition) is 3. The average molecular weight is 268 g/mol. The van der Waals surface area contributed by atoms with Crippen LogP contribution in [0.15, 0.2) is 12.4 Å². The Morgan fingerprint density at radius 2 is 2.17 bits per heavy atom. The molecule has 0 aliphatic rings. The van der Waals surface area contributed by atoms with E-state index in [1.54, 1.807) is 0 Å². The highest BCUT2D eigenvalue weighted by molar-refractivity contribution is 6.31. The summed E-state index contributed by atoms with van der Waals surface area (Å²) in [6.45, 7) is 3.55. The van der Waals surface area contributed by atoms with Gasteiger partial charge in [-0.05, 0) is 25.5 Å². The maximum atomic E-state index is 6.18. The zero-order chi connectivity index (χ0) is 13.1. The molecule has 0 aliphatic heterocycles. The van der Waals surface area contributed by atoms with E-state index in [9.17, 15) is 0 Å². The van der Waals surface area contributed by atoms with E-state index >= 15 is 0 Å². The molecule has 0 fully saturated rings. The average Bonchev–Trinajstić information content (AvgIpc) is 2.82. The summed E-state index contributed by atoms with van der Waals surface area (Å²) in [7, 11) is 3.84. The molecule has 0 unspecified atom stereocenters. The lowest BCUT2D eigenvalue weighted by molar-refractivity contribution is 0.624. The van der Waals surface area contributed by atoms with Crippen LogP contribution in [0.5, 0.6) is 0 Å². The molecule has 0 saturated heterocycles. The van der Waals surface area contributed by atoms with E-state index in [2.05, 4.69) is 15.5 Å². The van der Waals surface area contributed by atoms with Crippen LogP contribution in [0.2, 0.25) is 5.02 Å². The van der Waals surface area contributed by atoms with Gasteiger partial charge in [0.1, 0.15) is 0 Å². The first-order chi connectivity index (χ1) is 8.58. The number of halogens is 1. The maximum absolute atomic E-state index is 6.18. The molecule has 6 heteroatoms. The molecule has 0 amide bonds. The highest BCUT2D eigenvalue weighted by Crippen LogP contribution is 2.18. The van der Waals surface area contributed by atoms with E-state index in [4.69, 9.17) is 11.6 Å². The summed E-state index contributed by atoms with van der Waals surface area (Å²) in [5, 5.41) is 12.5. The third kappa shape index (κ3) is 2.91. The number of nitrogens with zero attached hydrogens (tertiary/aromatic N) is 4. The Kier molecular flexibility index (Phi) is 4.04. The van der Waals surface area contributed by atoms with E-state index < -0.39 is 0 Å². The van der Waals surface area contributed by atoms with Crippen molar-refractivity contribution in [3.63, 3.8) is 0 Å². The summed E-state index contributed by atoms with van der Waals surface area (Å²) in [5.74, 6) is 0. The van der Waals surface area contributed by atoms with Gasteiger partial charge in [0.15, 0.2) is 0 Å². The summed E-state index contributed by atoms with van der Waals surface area (Å²) in [4.78, 5) is 0. The Hall–Kier alpha value is -1.33. The minimum atomic E-state index is 0.733. The Bertz CT molecular complexity index is 529. The van der Waals surface area contributed by atoms with Gasteiger partial charge in [0.25, 0.3) is 0 Å². The van der Waals surface area contributed by atoms with Crippen molar-refractivity contribution in [1.82, 2.24) is 24.9 Å². The number of aromatic nitrogens is 4. The number of aryl methyl sites for hydroxylation is 3. The third-order valence-corrected chi connectivity index (χ3v) is 3.39. The smallest absolute Gasteiger partial charge is 0.0860 e. The van der Waals surface area contributed by atoms with Gasteiger partial charge in [-0.15, -0.1) is 0 Å². The van der Waals surface area contributed by atoms with E-state index in [1.165, 1.54) is 5.56 Å². The number of nitrogens with one attached hydrogen (secondary N) is 1. The van der Waals surface area contributed by atoms with Crippen LogP contribution in [0.4, 0.5) is 0 Å². The van der Waals surface area contributed by atoms with Crippen molar-refractivity contribution in [2.45, 2.75) is 19.9 Å². The van der Waals surface area contributed by atoms with Crippen molar-refractivity contribution in [2.75, 3.05) is 6.54 Å². The largest absolute Gasteiger partial charge is 0.311 e. The van der Waals surface area contributed by atoms with Crippen LogP contribution in [0.25, 0.3) is 0 Å². The van der Waals surface area contributed by atoms with Crippen LogP contribution < -0.4 is 5.32 Å². The van der Waals surface area contributed by atoms with Crippen molar-refractivity contribution in [3.8, 4) is 0 Å². The predicted molar refractivity (Wildman–Crippen MR) is 71.6 cm³/mol. The lowest BCUT2D eigenvalue weighted by Crippen LogP contribution is -2.18. The van der Waals surface area contributed by atoms with Crippen molar-refractivity contribution >= 4 is 11.6 Å². The summed E-state index contributed by atoms with van der Waals surface area (Å²) >= 11 is 6.18. The van der Waals surface area contributed by atoms with Gasteiger partial charge in [-0.3, -0.25) is 9.36 Å². The van der Waals surface area contributed by atoms with Gasteiger partial charge >= 0.3 is 0 Å². The molecule has 0 spiro atoms. The zero-order valence-corrected chi connectivity index (χ0v) is 11.7. The van der Waals surface area contributed by atoms with E-state index in [0.29, 0.717) is 0 Å². The Balaban J connectivity index is 1.82. The van der Waals surface area contributed by atoms with Crippen molar-refractivity contribution in [2.24, 2.45) is 14.1 Å². The van der Waals surface area contributed by atoms with Crippen LogP contribution in [0.3, 0.4) is 0 Å². The van der Waals surface area contributed by atoms with Crippen LogP contribution in [0.1, 0.15) is 17.0 Å². The van der Waals surface area contributed by atoms with Crippen LogP contribution in [0, 0.1) is 6.92 Å². The standard InChI is InChI=1S/C12H18ClN5/c1-9-12(13)11(18(3)16-9)7-14-5-4-10-6-15-17(2)8-10/h6,8,14H,4-5,7H2,1-3H3. The summed E-state index contributed by atoms with van der Waals surface area (Å²) in [6.07, 6.45) is 4.88. The molecule has 0 aliphatic carbocycles. The molecule has 18 heavy (non-hydrogen) atoms. The molecule has 5 nitrogen and oxygen atoms in total. The van der Waals surface area contributed by atoms with Gasteiger partial charge in [0, 0.05) is 26.8 Å². The lowest BCUT2D eigenvalue weighted by Gasteiger charge is -2.05. The minimum absolute atomic E-state index is 0.733. The zero-order valence-electron chi connectivity index (χ0n) is 10.9. The molecule has 0 bridgehead atoms. The van der Waals surface area contributed by atoms with Gasteiger partial charge < -0.3 is 5.32 Å². The van der Waals surface area contributed by atoms with Gasteiger partial charge in [0.2, 0.25) is 0 Å². The molecule has 0 radical (unpaired) electrons. The SMILES string of the molecule is Cc1nn(C)c(CNCCc2cnn(C)c2)c1Cl. The topological polar surface area (TPSA) is 47.7 Å². The van der Waals surface area contributed by atoms with E-state index in [0.717, 1.165) is 35.9 Å². The fourth-order valence-electron chi connectivity index (χ4n) is 1.91. The second-order valence-electron chi connectivity index (χ2n) is 4.42. The van der Waals surface area contributed by atoms with E-state index in [-0.39, 0.29) is 0 Å². The minimum Gasteiger partial charge on any atom is -0.311 e. The normalized spacial score (nSPS) is 11.1. The molecular weight excluding hydrogens is 250 g/mol. The first kappa shape index (κ1) is 13.1. The molecule has 0 atom stereocenters. The quantitative estimate of drug-likeness (QED) is 0.834. The molecular formula is C12H18ClN5. The second-order valence-corrected chi connectivity index (χ2v) is 4.80. The molecule has 0 saturated carbocycles. The third-order valence-electron chi connectivity index (χ3n) is 2.90. The fourth-order valence-corrected chi connectivity index (χ4v) is 2.14. The van der Waals surface area contributed by atoms with E-state index in [1.807, 2.05) is 42.8 Å². The monoisotopic (exact) mass is 267 g/mol. The highest BCUT2D eigenvalue weighted by Gasteiger charge is 2.09. The van der Waals surface area contributed by atoms with Gasteiger partial charge in [-0.25, -0.2) is 0 Å². The Morgan fingerprint density at radius 1 is 1.39 bits per heavy atom. The summed E-state index contributed by atoms with van der Waals surface area (Å²) < 4.78 is 3.64. The first-order valence-corrected chi connectivity index (χ1v) is 6.32. The second kappa shape index (κ2) is 5.54. The Morgan fingerprint density at radius 3 is 2.72 bits per heavy atom. The summed E-state index contributed by atoms with van der Waals surface area (Å²) in [5.41, 5.74) is 3.14. The van der Waals surface area contributed by atoms with Crippen LogP contribution in [-0.2, 0) is 27.1 Å². The lowest BCUT2D eigenvalue weighted by atomic mass is 10.2. The summed E-state index contributed by atoms with van der Waals surface area (Å²) in [6, 6.07) is 0. The molecule has 1 N–H and O–H groups in total. The van der Waals surface area contributed by atoms with Crippen molar-refractivity contribution in [3.05, 3.63) is 34.4 Å². The Labute approximate surface area is 112 Å². The van der Waals surface area contributed by atoms with Crippen molar-refractivity contribution in [1.29, 1.82) is 0 Å². The fraction of sp³-hybridized carbons (Fsp3) is 0.500.